The molecule has 2 heterocycles. The normalized spacial score (nSPS) is 24.1. The largest absolute Gasteiger partial charge is 0.500 e. The molecule has 1 aromatic heterocycles. The van der Waals surface area contributed by atoms with Crippen molar-refractivity contribution in [2.75, 3.05) is 0 Å². The second-order valence-electron chi connectivity index (χ2n) is 7.31. The fourth-order valence-corrected chi connectivity index (χ4v) is 2.80. The van der Waals surface area contributed by atoms with Gasteiger partial charge < -0.3 is 13.9 Å². The average Bonchev–Trinajstić information content (AvgIpc) is 2.54. The number of pyridine rings is 1. The van der Waals surface area contributed by atoms with Crippen LogP contribution in [0.4, 0.5) is 0 Å². The van der Waals surface area contributed by atoms with Crippen LogP contribution in [-0.4, -0.2) is 22.9 Å². The standard InChI is InChI=1S/C16H24BNO3/c1-15(2)16(3,4)21-17(20-15)13-9-6-10-18(14(13)19)11-12-7-5-8-12/h6,9-10,12H,5,7-8,11H2,1-4H3. The highest BCUT2D eigenvalue weighted by Gasteiger charge is 2.52. The Hall–Kier alpha value is -1.07. The molecule has 1 aliphatic carbocycles. The zero-order valence-corrected chi connectivity index (χ0v) is 13.4. The summed E-state index contributed by atoms with van der Waals surface area (Å²) < 4.78 is 13.8. The molecule has 4 nitrogen and oxygen atoms in total. The van der Waals surface area contributed by atoms with Crippen LogP contribution in [0.1, 0.15) is 47.0 Å². The van der Waals surface area contributed by atoms with Gasteiger partial charge in [-0.2, -0.15) is 0 Å². The quantitative estimate of drug-likeness (QED) is 0.799. The Morgan fingerprint density at radius 1 is 1.24 bits per heavy atom. The summed E-state index contributed by atoms with van der Waals surface area (Å²) in [6.07, 6.45) is 5.62. The van der Waals surface area contributed by atoms with Gasteiger partial charge in [0.2, 0.25) is 5.56 Å². The van der Waals surface area contributed by atoms with E-state index in [1.807, 2.05) is 50.6 Å². The van der Waals surface area contributed by atoms with Gasteiger partial charge in [-0.25, -0.2) is 0 Å². The van der Waals surface area contributed by atoms with Crippen molar-refractivity contribution in [3.8, 4) is 0 Å². The van der Waals surface area contributed by atoms with E-state index < -0.39 is 18.3 Å². The first kappa shape index (κ1) is 14.9. The topological polar surface area (TPSA) is 40.5 Å². The highest BCUT2D eigenvalue weighted by molar-refractivity contribution is 6.61. The van der Waals surface area contributed by atoms with Crippen LogP contribution < -0.4 is 11.0 Å². The highest BCUT2D eigenvalue weighted by atomic mass is 16.7. The molecule has 0 aromatic carbocycles. The maximum Gasteiger partial charge on any atom is 0.500 e. The molecule has 1 aromatic rings. The van der Waals surface area contributed by atoms with Crippen molar-refractivity contribution in [1.82, 2.24) is 4.57 Å². The average molecular weight is 289 g/mol. The first-order chi connectivity index (χ1) is 9.80. The van der Waals surface area contributed by atoms with E-state index in [4.69, 9.17) is 9.31 Å². The second kappa shape index (κ2) is 4.99. The van der Waals surface area contributed by atoms with E-state index in [-0.39, 0.29) is 5.56 Å². The van der Waals surface area contributed by atoms with Gasteiger partial charge in [0.1, 0.15) is 0 Å². The molecule has 21 heavy (non-hydrogen) atoms. The minimum absolute atomic E-state index is 0.0166. The minimum Gasteiger partial charge on any atom is -0.399 e. The van der Waals surface area contributed by atoms with Gasteiger partial charge in [0.05, 0.1) is 11.2 Å². The number of rotatable bonds is 3. The minimum atomic E-state index is -0.573. The van der Waals surface area contributed by atoms with Gasteiger partial charge in [0, 0.05) is 18.2 Å². The van der Waals surface area contributed by atoms with Gasteiger partial charge in [-0.3, -0.25) is 4.79 Å². The Morgan fingerprint density at radius 3 is 2.38 bits per heavy atom. The van der Waals surface area contributed by atoms with Crippen LogP contribution in [0, 0.1) is 5.92 Å². The maximum atomic E-state index is 12.7. The smallest absolute Gasteiger partial charge is 0.399 e. The van der Waals surface area contributed by atoms with E-state index in [0.29, 0.717) is 11.4 Å². The lowest BCUT2D eigenvalue weighted by molar-refractivity contribution is 0.00578. The van der Waals surface area contributed by atoms with E-state index in [1.165, 1.54) is 19.3 Å². The number of aromatic nitrogens is 1. The zero-order valence-electron chi connectivity index (χ0n) is 13.4. The molecule has 0 bridgehead atoms. The Bertz CT molecular complexity index is 573. The van der Waals surface area contributed by atoms with E-state index >= 15 is 0 Å². The lowest BCUT2D eigenvalue weighted by Crippen LogP contribution is -2.47. The van der Waals surface area contributed by atoms with E-state index in [9.17, 15) is 4.79 Å². The molecule has 0 radical (unpaired) electrons. The van der Waals surface area contributed by atoms with Crippen molar-refractivity contribution in [1.29, 1.82) is 0 Å². The van der Waals surface area contributed by atoms with Gasteiger partial charge >= 0.3 is 7.12 Å². The number of hydrogen-bond acceptors (Lipinski definition) is 3. The number of nitrogens with zero attached hydrogens (tertiary/aromatic N) is 1. The molecule has 1 saturated heterocycles. The summed E-state index contributed by atoms with van der Waals surface area (Å²) in [5, 5.41) is 0. The maximum absolute atomic E-state index is 12.7. The molecule has 0 spiro atoms. The molecule has 2 fully saturated rings. The summed E-state index contributed by atoms with van der Waals surface area (Å²) in [5.41, 5.74) is -0.212. The molecule has 0 unspecified atom stereocenters. The third-order valence-electron chi connectivity index (χ3n) is 5.24. The van der Waals surface area contributed by atoms with Crippen LogP contribution >= 0.6 is 0 Å². The first-order valence-electron chi connectivity index (χ1n) is 7.85. The van der Waals surface area contributed by atoms with E-state index in [2.05, 4.69) is 0 Å². The Kier molecular flexibility index (Phi) is 3.53. The molecule has 1 saturated carbocycles. The summed E-state index contributed by atoms with van der Waals surface area (Å²) in [6, 6.07) is 3.74. The van der Waals surface area contributed by atoms with Crippen LogP contribution in [-0.2, 0) is 15.9 Å². The first-order valence-corrected chi connectivity index (χ1v) is 7.85. The van der Waals surface area contributed by atoms with Crippen LogP contribution in [0.3, 0.4) is 0 Å². The van der Waals surface area contributed by atoms with Gasteiger partial charge in [-0.15, -0.1) is 0 Å². The molecular formula is C16H24BNO3. The monoisotopic (exact) mass is 289 g/mol. The molecule has 2 aliphatic rings. The number of hydrogen-bond donors (Lipinski definition) is 0. The summed E-state index contributed by atoms with van der Waals surface area (Å²) >= 11 is 0. The molecular weight excluding hydrogens is 265 g/mol. The van der Waals surface area contributed by atoms with Gasteiger partial charge in [-0.05, 0) is 52.5 Å². The van der Waals surface area contributed by atoms with Crippen molar-refractivity contribution in [3.63, 3.8) is 0 Å². The summed E-state index contributed by atoms with van der Waals surface area (Å²) in [5.74, 6) is 0.649. The van der Waals surface area contributed by atoms with Crippen molar-refractivity contribution >= 4 is 12.6 Å². The summed E-state index contributed by atoms with van der Waals surface area (Å²) in [7, 11) is -0.573. The van der Waals surface area contributed by atoms with Gasteiger partial charge in [0.25, 0.3) is 0 Å². The molecule has 1 aliphatic heterocycles. The Morgan fingerprint density at radius 2 is 1.86 bits per heavy atom. The van der Waals surface area contributed by atoms with Crippen molar-refractivity contribution in [2.24, 2.45) is 5.92 Å². The van der Waals surface area contributed by atoms with E-state index in [0.717, 1.165) is 6.54 Å². The molecule has 5 heteroatoms. The third-order valence-corrected chi connectivity index (χ3v) is 5.24. The van der Waals surface area contributed by atoms with E-state index in [1.54, 1.807) is 0 Å². The highest BCUT2D eigenvalue weighted by Crippen LogP contribution is 2.36. The fraction of sp³-hybridized carbons (Fsp3) is 0.688. The fourth-order valence-electron chi connectivity index (χ4n) is 2.80. The molecule has 0 amide bonds. The van der Waals surface area contributed by atoms with Crippen molar-refractivity contribution in [3.05, 3.63) is 28.7 Å². The third kappa shape index (κ3) is 2.57. The van der Waals surface area contributed by atoms with Crippen LogP contribution in [0.5, 0.6) is 0 Å². The Balaban J connectivity index is 1.86. The second-order valence-corrected chi connectivity index (χ2v) is 7.31. The summed E-state index contributed by atoms with van der Waals surface area (Å²) in [6.45, 7) is 8.82. The van der Waals surface area contributed by atoms with Crippen molar-refractivity contribution < 1.29 is 9.31 Å². The predicted molar refractivity (Wildman–Crippen MR) is 83.8 cm³/mol. The Labute approximate surface area is 126 Å². The lowest BCUT2D eigenvalue weighted by atomic mass is 9.79. The van der Waals surface area contributed by atoms with Crippen LogP contribution in [0.15, 0.2) is 23.1 Å². The molecule has 0 atom stereocenters. The molecule has 3 rings (SSSR count). The zero-order chi connectivity index (χ0) is 15.3. The van der Waals surface area contributed by atoms with Gasteiger partial charge in [-0.1, -0.05) is 12.5 Å². The van der Waals surface area contributed by atoms with Crippen molar-refractivity contribution in [2.45, 2.75) is 64.7 Å². The van der Waals surface area contributed by atoms with Crippen LogP contribution in [0.2, 0.25) is 0 Å². The van der Waals surface area contributed by atoms with Crippen LogP contribution in [0.25, 0.3) is 0 Å². The predicted octanol–water partition coefficient (Wildman–Crippen LogP) is 1.95. The van der Waals surface area contributed by atoms with Gasteiger partial charge in [0.15, 0.2) is 0 Å². The SMILES string of the molecule is CC1(C)OB(c2cccn(CC3CCC3)c2=O)OC1(C)C. The molecule has 114 valence electrons. The lowest BCUT2D eigenvalue weighted by Gasteiger charge is -2.32. The summed E-state index contributed by atoms with van der Waals surface area (Å²) in [4.78, 5) is 12.7. The molecule has 0 N–H and O–H groups in total.